The van der Waals surface area contributed by atoms with Gasteiger partial charge in [-0.25, -0.2) is 13.8 Å². The number of nitrogens with zero attached hydrogens (tertiary/aromatic N) is 1. The number of carbonyl (C=O) groups is 1. The van der Waals surface area contributed by atoms with Crippen molar-refractivity contribution in [3.8, 4) is 10.6 Å². The van der Waals surface area contributed by atoms with Gasteiger partial charge in [0.1, 0.15) is 22.3 Å². The van der Waals surface area contributed by atoms with E-state index in [0.717, 1.165) is 10.6 Å². The van der Waals surface area contributed by atoms with Gasteiger partial charge in [0.2, 0.25) is 0 Å². The highest BCUT2D eigenvalue weighted by Crippen LogP contribution is 2.27. The summed E-state index contributed by atoms with van der Waals surface area (Å²) in [7, 11) is 0. The zero-order valence-electron chi connectivity index (χ0n) is 16.2. The van der Waals surface area contributed by atoms with Gasteiger partial charge in [-0.15, -0.1) is 11.3 Å². The van der Waals surface area contributed by atoms with E-state index in [1.54, 1.807) is 12.3 Å². The predicted molar refractivity (Wildman–Crippen MR) is 109 cm³/mol. The van der Waals surface area contributed by atoms with Gasteiger partial charge in [-0.05, 0) is 49.1 Å². The summed E-state index contributed by atoms with van der Waals surface area (Å²) in [6.07, 6.45) is 0. The summed E-state index contributed by atoms with van der Waals surface area (Å²) in [5, 5.41) is 5.20. The minimum atomic E-state index is -0.628. The van der Waals surface area contributed by atoms with Crippen molar-refractivity contribution in [2.45, 2.75) is 39.7 Å². The lowest BCUT2D eigenvalue weighted by atomic mass is 10.0. The highest BCUT2D eigenvalue weighted by molar-refractivity contribution is 7.13. The SMILES string of the molecule is Cc1c(F)cc(C(C)NC(=O)c2csc(-c3cccc(C(C)C)c3)n2)cc1F. The molecule has 3 aromatic rings. The van der Waals surface area contributed by atoms with Crippen LogP contribution in [0.1, 0.15) is 59.9 Å². The second-order valence-electron chi connectivity index (χ2n) is 7.12. The van der Waals surface area contributed by atoms with E-state index in [4.69, 9.17) is 0 Å². The Balaban J connectivity index is 1.76. The number of rotatable bonds is 5. The molecule has 146 valence electrons. The molecule has 0 bridgehead atoms. The molecule has 1 unspecified atom stereocenters. The van der Waals surface area contributed by atoms with Crippen molar-refractivity contribution in [2.24, 2.45) is 0 Å². The highest BCUT2D eigenvalue weighted by Gasteiger charge is 2.17. The van der Waals surface area contributed by atoms with Gasteiger partial charge < -0.3 is 5.32 Å². The third-order valence-electron chi connectivity index (χ3n) is 4.69. The van der Waals surface area contributed by atoms with Crippen LogP contribution in [0, 0.1) is 18.6 Å². The molecule has 28 heavy (non-hydrogen) atoms. The van der Waals surface area contributed by atoms with Crippen molar-refractivity contribution in [3.63, 3.8) is 0 Å². The maximum Gasteiger partial charge on any atom is 0.271 e. The third-order valence-corrected chi connectivity index (χ3v) is 5.58. The molecular formula is C22H22F2N2OS. The Kier molecular flexibility index (Phi) is 5.89. The quantitative estimate of drug-likeness (QED) is 0.570. The lowest BCUT2D eigenvalue weighted by Gasteiger charge is -2.14. The number of aromatic nitrogens is 1. The first kappa shape index (κ1) is 20.1. The molecule has 0 aliphatic heterocycles. The van der Waals surface area contributed by atoms with Crippen LogP contribution in [0.25, 0.3) is 10.6 Å². The van der Waals surface area contributed by atoms with Gasteiger partial charge in [0, 0.05) is 16.5 Å². The summed E-state index contributed by atoms with van der Waals surface area (Å²) in [6, 6.07) is 10.0. The Morgan fingerprint density at radius 1 is 1.07 bits per heavy atom. The van der Waals surface area contributed by atoms with Crippen LogP contribution in [0.5, 0.6) is 0 Å². The fourth-order valence-corrected chi connectivity index (χ4v) is 3.61. The van der Waals surface area contributed by atoms with Crippen molar-refractivity contribution in [1.82, 2.24) is 10.3 Å². The Hall–Kier alpha value is -2.60. The highest BCUT2D eigenvalue weighted by atomic mass is 32.1. The molecule has 0 aliphatic rings. The normalized spacial score (nSPS) is 12.2. The maximum absolute atomic E-state index is 13.8. The Bertz CT molecular complexity index is 990. The van der Waals surface area contributed by atoms with Crippen LogP contribution in [0.4, 0.5) is 8.78 Å². The molecule has 2 aromatic carbocycles. The summed E-state index contributed by atoms with van der Waals surface area (Å²) >= 11 is 1.39. The van der Waals surface area contributed by atoms with Crippen molar-refractivity contribution in [1.29, 1.82) is 0 Å². The molecule has 0 radical (unpaired) electrons. The average Bonchev–Trinajstić information content (AvgIpc) is 3.16. The van der Waals surface area contributed by atoms with Gasteiger partial charge in [0.25, 0.3) is 5.91 Å². The van der Waals surface area contributed by atoms with E-state index in [0.29, 0.717) is 11.5 Å². The molecule has 0 saturated carbocycles. The van der Waals surface area contributed by atoms with Crippen LogP contribution in [-0.2, 0) is 0 Å². The summed E-state index contributed by atoms with van der Waals surface area (Å²) in [5.41, 5.74) is 2.79. The third kappa shape index (κ3) is 4.28. The number of hydrogen-bond acceptors (Lipinski definition) is 3. The first-order valence-corrected chi connectivity index (χ1v) is 9.96. The predicted octanol–water partition coefficient (Wildman–Crippen LogP) is 6.01. The van der Waals surface area contributed by atoms with Crippen molar-refractivity contribution >= 4 is 17.2 Å². The molecule has 1 amide bonds. The van der Waals surface area contributed by atoms with Crippen LogP contribution in [0.3, 0.4) is 0 Å². The molecule has 0 saturated heterocycles. The van der Waals surface area contributed by atoms with E-state index in [1.165, 1.54) is 36.0 Å². The van der Waals surface area contributed by atoms with Gasteiger partial charge in [0.05, 0.1) is 6.04 Å². The molecule has 6 heteroatoms. The molecule has 0 spiro atoms. The summed E-state index contributed by atoms with van der Waals surface area (Å²) in [6.45, 7) is 7.31. The molecule has 3 rings (SSSR count). The van der Waals surface area contributed by atoms with Gasteiger partial charge in [-0.3, -0.25) is 4.79 Å². The lowest BCUT2D eigenvalue weighted by Crippen LogP contribution is -2.27. The summed E-state index contributed by atoms with van der Waals surface area (Å²) in [4.78, 5) is 17.0. The Morgan fingerprint density at radius 3 is 2.39 bits per heavy atom. The summed E-state index contributed by atoms with van der Waals surface area (Å²) in [5.74, 6) is -1.23. The zero-order valence-corrected chi connectivity index (χ0v) is 17.0. The monoisotopic (exact) mass is 400 g/mol. The number of carbonyl (C=O) groups excluding carboxylic acids is 1. The minimum Gasteiger partial charge on any atom is -0.344 e. The number of hydrogen-bond donors (Lipinski definition) is 1. The van der Waals surface area contributed by atoms with Crippen LogP contribution >= 0.6 is 11.3 Å². The van der Waals surface area contributed by atoms with Gasteiger partial charge in [-0.2, -0.15) is 0 Å². The van der Waals surface area contributed by atoms with Crippen LogP contribution < -0.4 is 5.32 Å². The standard InChI is InChI=1S/C22H22F2N2OS/c1-12(2)15-6-5-7-16(8-15)22-26-20(11-28-22)21(27)25-14(4)17-9-18(23)13(3)19(24)10-17/h5-12,14H,1-4H3,(H,25,27). The topological polar surface area (TPSA) is 42.0 Å². The molecule has 1 heterocycles. The smallest absolute Gasteiger partial charge is 0.271 e. The second kappa shape index (κ2) is 8.19. The number of thiazole rings is 1. The number of amides is 1. The second-order valence-corrected chi connectivity index (χ2v) is 7.98. The zero-order chi connectivity index (χ0) is 20.4. The van der Waals surface area contributed by atoms with E-state index >= 15 is 0 Å². The van der Waals surface area contributed by atoms with E-state index in [-0.39, 0.29) is 17.2 Å². The lowest BCUT2D eigenvalue weighted by molar-refractivity contribution is 0.0935. The summed E-state index contributed by atoms with van der Waals surface area (Å²) < 4.78 is 27.6. The minimum absolute atomic E-state index is 0.0324. The first-order chi connectivity index (χ1) is 13.3. The molecular weight excluding hydrogens is 378 g/mol. The van der Waals surface area contributed by atoms with Gasteiger partial charge in [0.15, 0.2) is 0 Å². The van der Waals surface area contributed by atoms with Gasteiger partial charge in [-0.1, -0.05) is 32.0 Å². The van der Waals surface area contributed by atoms with Gasteiger partial charge >= 0.3 is 0 Å². The van der Waals surface area contributed by atoms with E-state index in [9.17, 15) is 13.6 Å². The molecule has 3 nitrogen and oxygen atoms in total. The average molecular weight is 400 g/mol. The van der Waals surface area contributed by atoms with E-state index in [2.05, 4.69) is 36.3 Å². The van der Waals surface area contributed by atoms with Crippen molar-refractivity contribution < 1.29 is 13.6 Å². The Labute approximate surface area is 167 Å². The molecule has 1 aromatic heterocycles. The number of nitrogens with one attached hydrogen (secondary N) is 1. The fourth-order valence-electron chi connectivity index (χ4n) is 2.81. The van der Waals surface area contributed by atoms with Crippen molar-refractivity contribution in [3.05, 3.63) is 75.8 Å². The van der Waals surface area contributed by atoms with Crippen LogP contribution in [-0.4, -0.2) is 10.9 Å². The molecule has 1 atom stereocenters. The van der Waals surface area contributed by atoms with E-state index < -0.39 is 17.7 Å². The number of benzene rings is 2. The van der Waals surface area contributed by atoms with Crippen LogP contribution in [0.2, 0.25) is 0 Å². The molecule has 1 N–H and O–H groups in total. The van der Waals surface area contributed by atoms with Crippen LogP contribution in [0.15, 0.2) is 41.8 Å². The number of halogens is 2. The van der Waals surface area contributed by atoms with Crippen molar-refractivity contribution in [2.75, 3.05) is 0 Å². The first-order valence-electron chi connectivity index (χ1n) is 9.08. The maximum atomic E-state index is 13.8. The Morgan fingerprint density at radius 2 is 1.75 bits per heavy atom. The van der Waals surface area contributed by atoms with E-state index in [1.807, 2.05) is 12.1 Å². The molecule has 0 aliphatic carbocycles. The fraction of sp³-hybridized carbons (Fsp3) is 0.273. The molecule has 0 fully saturated rings. The largest absolute Gasteiger partial charge is 0.344 e.